The van der Waals surface area contributed by atoms with E-state index in [2.05, 4.69) is 42.3 Å². The predicted molar refractivity (Wildman–Crippen MR) is 118 cm³/mol. The Morgan fingerprint density at radius 3 is 2.48 bits per heavy atom. The van der Waals surface area contributed by atoms with E-state index in [1.807, 2.05) is 12.1 Å². The first-order chi connectivity index (χ1) is 14.1. The summed E-state index contributed by atoms with van der Waals surface area (Å²) >= 11 is 6.40. The highest BCUT2D eigenvalue weighted by atomic mass is 35.5. The molecule has 29 heavy (non-hydrogen) atoms. The molecular formula is C23H31ClN2O3. The van der Waals surface area contributed by atoms with Crippen LogP contribution in [0, 0.1) is 0 Å². The number of methoxy groups -OCH3 is 2. The van der Waals surface area contributed by atoms with Gasteiger partial charge in [0, 0.05) is 24.7 Å². The topological polar surface area (TPSA) is 43.0 Å². The van der Waals surface area contributed by atoms with Crippen molar-refractivity contribution in [2.45, 2.75) is 26.3 Å². The van der Waals surface area contributed by atoms with Crippen LogP contribution in [0.2, 0.25) is 5.02 Å². The second-order valence-electron chi connectivity index (χ2n) is 7.10. The zero-order valence-electron chi connectivity index (χ0n) is 17.8. The van der Waals surface area contributed by atoms with Crippen molar-refractivity contribution < 1.29 is 14.2 Å². The molecule has 2 aromatic rings. The van der Waals surface area contributed by atoms with E-state index < -0.39 is 0 Å². The van der Waals surface area contributed by atoms with Crippen LogP contribution < -0.4 is 19.5 Å². The summed E-state index contributed by atoms with van der Waals surface area (Å²) in [5.41, 5.74) is 3.53. The zero-order valence-corrected chi connectivity index (χ0v) is 18.5. The van der Waals surface area contributed by atoms with E-state index in [1.54, 1.807) is 14.2 Å². The number of nitrogens with one attached hydrogen (secondary N) is 1. The maximum atomic E-state index is 6.40. The van der Waals surface area contributed by atoms with Crippen LogP contribution in [0.4, 0.5) is 0 Å². The Kier molecular flexibility index (Phi) is 7.64. The summed E-state index contributed by atoms with van der Waals surface area (Å²) in [6, 6.07) is 10.2. The Morgan fingerprint density at radius 1 is 1.03 bits per heavy atom. The molecule has 0 amide bonds. The summed E-state index contributed by atoms with van der Waals surface area (Å²) in [6.45, 7) is 8.96. The Bertz CT molecular complexity index is 824. The molecule has 2 aromatic carbocycles. The zero-order chi connectivity index (χ0) is 20.8. The third-order valence-corrected chi connectivity index (χ3v) is 5.85. The predicted octanol–water partition coefficient (Wildman–Crippen LogP) is 4.31. The molecular weight excluding hydrogens is 388 g/mol. The molecule has 5 nitrogen and oxygen atoms in total. The lowest BCUT2D eigenvalue weighted by molar-refractivity contribution is 0.222. The SMILES string of the molecule is CCN(CC)CCOc1ccc2c(c1)CCNC2c1cc(Cl)c(OC)cc1OC. The van der Waals surface area contributed by atoms with Gasteiger partial charge in [-0.3, -0.25) is 0 Å². The number of likely N-dealkylation sites (N-methyl/N-ethyl adjacent to an activating group) is 1. The van der Waals surface area contributed by atoms with Gasteiger partial charge in [-0.2, -0.15) is 0 Å². The smallest absolute Gasteiger partial charge is 0.141 e. The summed E-state index contributed by atoms with van der Waals surface area (Å²) in [7, 11) is 3.28. The molecule has 0 radical (unpaired) electrons. The van der Waals surface area contributed by atoms with Crippen molar-refractivity contribution in [3.05, 3.63) is 52.0 Å². The first kappa shape index (κ1) is 21.8. The summed E-state index contributed by atoms with van der Waals surface area (Å²) in [5.74, 6) is 2.30. The molecule has 0 aliphatic carbocycles. The number of halogens is 1. The molecule has 1 unspecified atom stereocenters. The van der Waals surface area contributed by atoms with Crippen LogP contribution >= 0.6 is 11.6 Å². The number of nitrogens with zero attached hydrogens (tertiary/aromatic N) is 1. The van der Waals surface area contributed by atoms with Gasteiger partial charge in [0.25, 0.3) is 0 Å². The first-order valence-corrected chi connectivity index (χ1v) is 10.6. The number of hydrogen-bond acceptors (Lipinski definition) is 5. The van der Waals surface area contributed by atoms with E-state index in [1.165, 1.54) is 11.1 Å². The third kappa shape index (κ3) is 4.97. The van der Waals surface area contributed by atoms with Gasteiger partial charge in [0.1, 0.15) is 23.9 Å². The maximum Gasteiger partial charge on any atom is 0.141 e. The Morgan fingerprint density at radius 2 is 1.79 bits per heavy atom. The number of benzene rings is 2. The molecule has 158 valence electrons. The molecule has 1 aliphatic heterocycles. The van der Waals surface area contributed by atoms with E-state index in [4.69, 9.17) is 25.8 Å². The molecule has 1 atom stereocenters. The van der Waals surface area contributed by atoms with Gasteiger partial charge in [-0.15, -0.1) is 0 Å². The molecule has 0 aromatic heterocycles. The molecule has 1 aliphatic rings. The van der Waals surface area contributed by atoms with Crippen LogP contribution in [0.3, 0.4) is 0 Å². The fourth-order valence-corrected chi connectivity index (χ4v) is 4.10. The lowest BCUT2D eigenvalue weighted by Crippen LogP contribution is -2.31. The minimum atomic E-state index is 0.0156. The van der Waals surface area contributed by atoms with Gasteiger partial charge in [-0.1, -0.05) is 31.5 Å². The number of hydrogen-bond donors (Lipinski definition) is 1. The molecule has 0 fully saturated rings. The molecule has 0 saturated carbocycles. The fourth-order valence-electron chi connectivity index (χ4n) is 3.85. The average Bonchev–Trinajstić information content (AvgIpc) is 2.76. The largest absolute Gasteiger partial charge is 0.496 e. The van der Waals surface area contributed by atoms with E-state index in [-0.39, 0.29) is 6.04 Å². The first-order valence-electron chi connectivity index (χ1n) is 10.2. The molecule has 0 bridgehead atoms. The highest BCUT2D eigenvalue weighted by Crippen LogP contribution is 2.40. The van der Waals surface area contributed by atoms with Gasteiger partial charge < -0.3 is 24.4 Å². The van der Waals surface area contributed by atoms with Gasteiger partial charge in [-0.25, -0.2) is 0 Å². The number of rotatable bonds is 9. The van der Waals surface area contributed by atoms with E-state index in [9.17, 15) is 0 Å². The molecule has 0 spiro atoms. The monoisotopic (exact) mass is 418 g/mol. The van der Waals surface area contributed by atoms with Gasteiger partial charge in [0.05, 0.1) is 25.3 Å². The van der Waals surface area contributed by atoms with Crippen molar-refractivity contribution in [1.29, 1.82) is 0 Å². The van der Waals surface area contributed by atoms with E-state index in [0.29, 0.717) is 17.4 Å². The lowest BCUT2D eigenvalue weighted by Gasteiger charge is -2.29. The number of ether oxygens (including phenoxy) is 3. The highest BCUT2D eigenvalue weighted by Gasteiger charge is 2.25. The van der Waals surface area contributed by atoms with E-state index in [0.717, 1.165) is 49.7 Å². The summed E-state index contributed by atoms with van der Waals surface area (Å²) in [5, 5.41) is 4.17. The van der Waals surface area contributed by atoms with Crippen LogP contribution in [0.25, 0.3) is 0 Å². The molecule has 3 rings (SSSR count). The lowest BCUT2D eigenvalue weighted by atomic mass is 9.89. The standard InChI is InChI=1S/C23H31ClN2O3/c1-5-26(6-2)11-12-29-17-7-8-18-16(13-17)9-10-25-23(18)19-14-20(24)22(28-4)15-21(19)27-3/h7-8,13-15,23,25H,5-6,9-12H2,1-4H3. The third-order valence-electron chi connectivity index (χ3n) is 5.55. The summed E-state index contributed by atoms with van der Waals surface area (Å²) in [6.07, 6.45) is 0.964. The van der Waals surface area contributed by atoms with Crippen LogP contribution in [-0.2, 0) is 6.42 Å². The minimum absolute atomic E-state index is 0.0156. The maximum absolute atomic E-state index is 6.40. The van der Waals surface area contributed by atoms with Crippen molar-refractivity contribution in [3.63, 3.8) is 0 Å². The van der Waals surface area contributed by atoms with Crippen LogP contribution in [0.5, 0.6) is 17.2 Å². The molecule has 6 heteroatoms. The van der Waals surface area contributed by atoms with E-state index >= 15 is 0 Å². The van der Waals surface area contributed by atoms with Crippen LogP contribution in [0.1, 0.15) is 36.6 Å². The minimum Gasteiger partial charge on any atom is -0.496 e. The van der Waals surface area contributed by atoms with Gasteiger partial charge in [0.2, 0.25) is 0 Å². The van der Waals surface area contributed by atoms with Crippen molar-refractivity contribution in [1.82, 2.24) is 10.2 Å². The second-order valence-corrected chi connectivity index (χ2v) is 7.51. The van der Waals surface area contributed by atoms with Gasteiger partial charge >= 0.3 is 0 Å². The van der Waals surface area contributed by atoms with Crippen molar-refractivity contribution >= 4 is 11.6 Å². The van der Waals surface area contributed by atoms with Gasteiger partial charge in [-0.05, 0) is 48.8 Å². The van der Waals surface area contributed by atoms with Crippen LogP contribution in [-0.4, -0.2) is 51.9 Å². The normalized spacial score (nSPS) is 15.9. The number of fused-ring (bicyclic) bond motifs is 1. The molecule has 0 saturated heterocycles. The second kappa shape index (κ2) is 10.2. The van der Waals surface area contributed by atoms with Crippen LogP contribution in [0.15, 0.2) is 30.3 Å². The van der Waals surface area contributed by atoms with Crippen molar-refractivity contribution in [2.75, 3.05) is 47.0 Å². The van der Waals surface area contributed by atoms with Gasteiger partial charge in [0.15, 0.2) is 0 Å². The highest BCUT2D eigenvalue weighted by molar-refractivity contribution is 6.32. The molecule has 1 N–H and O–H groups in total. The van der Waals surface area contributed by atoms with Crippen molar-refractivity contribution in [2.24, 2.45) is 0 Å². The van der Waals surface area contributed by atoms with Crippen molar-refractivity contribution in [3.8, 4) is 17.2 Å². The Labute approximate surface area is 178 Å². The summed E-state index contributed by atoms with van der Waals surface area (Å²) in [4.78, 5) is 2.36. The quantitative estimate of drug-likeness (QED) is 0.657. The molecule has 1 heterocycles. The Balaban J connectivity index is 1.82. The Hall–Kier alpha value is -1.95. The average molecular weight is 419 g/mol. The fraction of sp³-hybridized carbons (Fsp3) is 0.478. The summed E-state index contributed by atoms with van der Waals surface area (Å²) < 4.78 is 17.0.